The molecule has 1 N–H and O–H groups in total. The molecule has 1 unspecified atom stereocenters. The number of carbonyl (C=O) groups excluding carboxylic acids is 1. The number of aromatic nitrogens is 2. The second kappa shape index (κ2) is 6.31. The van der Waals surface area contributed by atoms with Crippen LogP contribution in [0.3, 0.4) is 0 Å². The van der Waals surface area contributed by atoms with Gasteiger partial charge in [-0.2, -0.15) is 0 Å². The number of rotatable bonds is 2. The van der Waals surface area contributed by atoms with Crippen LogP contribution >= 0.6 is 11.3 Å². The summed E-state index contributed by atoms with van der Waals surface area (Å²) in [4.78, 5) is 26.0. The summed E-state index contributed by atoms with van der Waals surface area (Å²) in [6.45, 7) is 4.12. The fourth-order valence-electron chi connectivity index (χ4n) is 4.06. The Morgan fingerprint density at radius 2 is 2.08 bits per heavy atom. The molecule has 24 heavy (non-hydrogen) atoms. The average molecular weight is 344 g/mol. The zero-order valence-corrected chi connectivity index (χ0v) is 15.2. The summed E-state index contributed by atoms with van der Waals surface area (Å²) in [6, 6.07) is 0. The Morgan fingerprint density at radius 3 is 2.83 bits per heavy atom. The molecule has 1 atom stereocenters. The van der Waals surface area contributed by atoms with Crippen LogP contribution in [0.15, 0.2) is 6.33 Å². The number of thiophene rings is 1. The lowest BCUT2D eigenvalue weighted by molar-refractivity contribution is -0.125. The van der Waals surface area contributed by atoms with Crippen LogP contribution in [0.5, 0.6) is 0 Å². The average Bonchev–Trinajstić information content (AvgIpc) is 2.98. The van der Waals surface area contributed by atoms with Gasteiger partial charge in [-0.1, -0.05) is 6.92 Å². The predicted molar refractivity (Wildman–Crippen MR) is 97.6 cm³/mol. The Balaban J connectivity index is 1.65. The summed E-state index contributed by atoms with van der Waals surface area (Å²) in [6.07, 6.45) is 7.07. The van der Waals surface area contributed by atoms with Gasteiger partial charge in [0, 0.05) is 30.9 Å². The molecule has 4 rings (SSSR count). The fourth-order valence-corrected chi connectivity index (χ4v) is 5.40. The van der Waals surface area contributed by atoms with Crippen molar-refractivity contribution in [3.05, 3.63) is 16.8 Å². The topological polar surface area (TPSA) is 58.1 Å². The van der Waals surface area contributed by atoms with Crippen molar-refractivity contribution in [3.63, 3.8) is 0 Å². The lowest BCUT2D eigenvalue weighted by Gasteiger charge is -2.32. The number of hydrogen-bond donors (Lipinski definition) is 1. The molecule has 1 aliphatic heterocycles. The monoisotopic (exact) mass is 344 g/mol. The first-order chi connectivity index (χ1) is 11.7. The number of nitrogens with zero attached hydrogens (tertiary/aromatic N) is 3. The van der Waals surface area contributed by atoms with Crippen LogP contribution in [0.4, 0.5) is 5.82 Å². The van der Waals surface area contributed by atoms with E-state index in [1.54, 1.807) is 13.4 Å². The molecule has 5 nitrogen and oxygen atoms in total. The van der Waals surface area contributed by atoms with E-state index in [2.05, 4.69) is 27.1 Å². The van der Waals surface area contributed by atoms with Crippen molar-refractivity contribution in [2.75, 3.05) is 25.0 Å². The van der Waals surface area contributed by atoms with Gasteiger partial charge in [0.15, 0.2) is 0 Å². The molecule has 1 amide bonds. The Hall–Kier alpha value is -1.69. The van der Waals surface area contributed by atoms with Crippen molar-refractivity contribution in [3.8, 4) is 0 Å². The molecule has 128 valence electrons. The molecule has 2 aromatic heterocycles. The number of aryl methyl sites for hydroxylation is 1. The molecule has 3 heterocycles. The van der Waals surface area contributed by atoms with Crippen LogP contribution < -0.4 is 10.2 Å². The summed E-state index contributed by atoms with van der Waals surface area (Å²) in [5.41, 5.74) is 1.48. The van der Waals surface area contributed by atoms with Gasteiger partial charge in [0.2, 0.25) is 5.91 Å². The molecule has 0 radical (unpaired) electrons. The van der Waals surface area contributed by atoms with Gasteiger partial charge >= 0.3 is 0 Å². The first kappa shape index (κ1) is 15.8. The molecule has 0 bridgehead atoms. The van der Waals surface area contributed by atoms with Gasteiger partial charge in [-0.25, -0.2) is 9.97 Å². The Bertz CT molecular complexity index is 764. The van der Waals surface area contributed by atoms with Gasteiger partial charge in [-0.05, 0) is 43.6 Å². The molecule has 0 spiro atoms. The minimum absolute atomic E-state index is 0.140. The summed E-state index contributed by atoms with van der Waals surface area (Å²) >= 11 is 1.85. The lowest BCUT2D eigenvalue weighted by Crippen LogP contribution is -2.40. The largest absolute Gasteiger partial charge is 0.359 e. The van der Waals surface area contributed by atoms with Crippen LogP contribution in [0, 0.1) is 11.8 Å². The van der Waals surface area contributed by atoms with Crippen molar-refractivity contribution in [1.29, 1.82) is 0 Å². The number of nitrogens with one attached hydrogen (secondary N) is 1. The summed E-state index contributed by atoms with van der Waals surface area (Å²) in [7, 11) is 1.72. The van der Waals surface area contributed by atoms with Gasteiger partial charge in [0.1, 0.15) is 17.0 Å². The Labute approximate surface area is 146 Å². The van der Waals surface area contributed by atoms with Crippen LogP contribution in [0.1, 0.15) is 36.6 Å². The van der Waals surface area contributed by atoms with Gasteiger partial charge in [-0.3, -0.25) is 4.79 Å². The van der Waals surface area contributed by atoms with E-state index in [1.165, 1.54) is 28.7 Å². The number of amides is 1. The maximum absolute atomic E-state index is 11.8. The molecular formula is C18H24N4OS. The van der Waals surface area contributed by atoms with Crippen LogP contribution in [0.25, 0.3) is 10.2 Å². The normalized spacial score (nSPS) is 21.8. The molecule has 6 heteroatoms. The minimum Gasteiger partial charge on any atom is -0.359 e. The molecule has 2 aliphatic rings. The van der Waals surface area contributed by atoms with E-state index in [4.69, 9.17) is 0 Å². The predicted octanol–water partition coefficient (Wildman–Crippen LogP) is 2.78. The summed E-state index contributed by atoms with van der Waals surface area (Å²) in [5.74, 6) is 2.16. The first-order valence-corrected chi connectivity index (χ1v) is 9.70. The molecule has 0 saturated carbocycles. The maximum Gasteiger partial charge on any atom is 0.222 e. The van der Waals surface area contributed by atoms with E-state index in [1.807, 2.05) is 11.3 Å². The summed E-state index contributed by atoms with van der Waals surface area (Å²) in [5, 5.41) is 4.06. The zero-order valence-electron chi connectivity index (χ0n) is 14.3. The zero-order chi connectivity index (χ0) is 16.7. The highest BCUT2D eigenvalue weighted by atomic mass is 32.1. The van der Waals surface area contributed by atoms with Crippen LogP contribution in [-0.4, -0.2) is 36.0 Å². The lowest BCUT2D eigenvalue weighted by atomic mass is 9.89. The third-order valence-electron chi connectivity index (χ3n) is 5.48. The standard InChI is InChI=1S/C18H24N4OS/c1-11-3-4-13-14(9-11)24-18-15(13)16(20-10-21-18)22-7-5-12(6-8-22)17(23)19-2/h10-12H,3-9H2,1-2H3,(H,19,23). The van der Waals surface area contributed by atoms with Gasteiger partial charge in [-0.15, -0.1) is 11.3 Å². The Morgan fingerprint density at radius 1 is 1.29 bits per heavy atom. The second-order valence-electron chi connectivity index (χ2n) is 7.10. The van der Waals surface area contributed by atoms with Crippen molar-refractivity contribution < 1.29 is 4.79 Å². The van der Waals surface area contributed by atoms with Crippen LogP contribution in [-0.2, 0) is 17.6 Å². The number of carbonyl (C=O) groups is 1. The summed E-state index contributed by atoms with van der Waals surface area (Å²) < 4.78 is 0. The fraction of sp³-hybridized carbons (Fsp3) is 0.611. The van der Waals surface area contributed by atoms with E-state index < -0.39 is 0 Å². The SMILES string of the molecule is CNC(=O)C1CCN(c2ncnc3sc4c(c23)CCC(C)C4)CC1. The van der Waals surface area contributed by atoms with Gasteiger partial charge in [0.25, 0.3) is 0 Å². The number of anilines is 1. The van der Waals surface area contributed by atoms with Crippen molar-refractivity contribution in [1.82, 2.24) is 15.3 Å². The highest BCUT2D eigenvalue weighted by molar-refractivity contribution is 7.19. The third-order valence-corrected chi connectivity index (χ3v) is 6.65. The Kier molecular flexibility index (Phi) is 4.16. The molecule has 1 aliphatic carbocycles. The van der Waals surface area contributed by atoms with E-state index in [9.17, 15) is 4.79 Å². The van der Waals surface area contributed by atoms with Crippen molar-refractivity contribution >= 4 is 33.3 Å². The molecule has 1 saturated heterocycles. The molecule has 2 aromatic rings. The third kappa shape index (κ3) is 2.66. The minimum atomic E-state index is 0.140. The maximum atomic E-state index is 11.8. The molecular weight excluding hydrogens is 320 g/mol. The number of piperidine rings is 1. The molecule has 1 fully saturated rings. The van der Waals surface area contributed by atoms with E-state index in [-0.39, 0.29) is 11.8 Å². The first-order valence-electron chi connectivity index (χ1n) is 8.89. The second-order valence-corrected chi connectivity index (χ2v) is 8.19. The van der Waals surface area contributed by atoms with Crippen molar-refractivity contribution in [2.45, 2.75) is 39.0 Å². The quantitative estimate of drug-likeness (QED) is 0.910. The molecule has 0 aromatic carbocycles. The van der Waals surface area contributed by atoms with Gasteiger partial charge < -0.3 is 10.2 Å². The number of fused-ring (bicyclic) bond motifs is 3. The van der Waals surface area contributed by atoms with Crippen molar-refractivity contribution in [2.24, 2.45) is 11.8 Å². The highest BCUT2D eigenvalue weighted by Gasteiger charge is 2.28. The number of hydrogen-bond acceptors (Lipinski definition) is 5. The van der Waals surface area contributed by atoms with Crippen LogP contribution in [0.2, 0.25) is 0 Å². The van der Waals surface area contributed by atoms with E-state index in [0.29, 0.717) is 0 Å². The van der Waals surface area contributed by atoms with E-state index >= 15 is 0 Å². The van der Waals surface area contributed by atoms with E-state index in [0.717, 1.165) is 48.9 Å². The highest BCUT2D eigenvalue weighted by Crippen LogP contribution is 2.41. The van der Waals surface area contributed by atoms with Gasteiger partial charge in [0.05, 0.1) is 5.39 Å². The smallest absolute Gasteiger partial charge is 0.222 e.